The van der Waals surface area contributed by atoms with Gasteiger partial charge in [0.1, 0.15) is 0 Å². The van der Waals surface area contributed by atoms with E-state index in [0.29, 0.717) is 6.61 Å². The number of carbonyl (C=O) groups is 1. The SMILES string of the molecule is CCCCOc1nc(C(C)=O)nc(C)c1F. The number of hydrogen-bond donors (Lipinski definition) is 0. The number of rotatable bonds is 5. The highest BCUT2D eigenvalue weighted by atomic mass is 19.1. The van der Waals surface area contributed by atoms with Crippen LogP contribution in [-0.4, -0.2) is 22.4 Å². The van der Waals surface area contributed by atoms with E-state index in [0.717, 1.165) is 12.8 Å². The molecule has 0 amide bonds. The van der Waals surface area contributed by atoms with Crippen LogP contribution in [0.15, 0.2) is 0 Å². The molecule has 0 unspecified atom stereocenters. The molecule has 1 heterocycles. The first kappa shape index (κ1) is 12.5. The summed E-state index contributed by atoms with van der Waals surface area (Å²) in [4.78, 5) is 18.6. The molecule has 0 aliphatic carbocycles. The fourth-order valence-corrected chi connectivity index (χ4v) is 1.10. The third-order valence-electron chi connectivity index (χ3n) is 2.04. The van der Waals surface area contributed by atoms with Crippen LogP contribution in [0, 0.1) is 12.7 Å². The van der Waals surface area contributed by atoms with Crippen molar-refractivity contribution in [2.45, 2.75) is 33.6 Å². The standard InChI is InChI=1S/C11H15FN2O2/c1-4-5-6-16-11-9(12)7(2)13-10(14-11)8(3)15/h4-6H2,1-3H3. The molecule has 0 bridgehead atoms. The van der Waals surface area contributed by atoms with Crippen molar-refractivity contribution >= 4 is 5.78 Å². The van der Waals surface area contributed by atoms with Crippen LogP contribution in [0.25, 0.3) is 0 Å². The maximum absolute atomic E-state index is 13.5. The van der Waals surface area contributed by atoms with E-state index in [1.807, 2.05) is 6.92 Å². The van der Waals surface area contributed by atoms with Gasteiger partial charge < -0.3 is 4.74 Å². The average Bonchev–Trinajstić information content (AvgIpc) is 2.24. The first-order valence-electron chi connectivity index (χ1n) is 5.24. The van der Waals surface area contributed by atoms with Crippen LogP contribution < -0.4 is 4.74 Å². The van der Waals surface area contributed by atoms with Crippen LogP contribution >= 0.6 is 0 Å². The van der Waals surface area contributed by atoms with Gasteiger partial charge in [-0.1, -0.05) is 13.3 Å². The third-order valence-corrected chi connectivity index (χ3v) is 2.04. The Kier molecular flexibility index (Phi) is 4.34. The second kappa shape index (κ2) is 5.53. The topological polar surface area (TPSA) is 52.1 Å². The molecule has 0 spiro atoms. The summed E-state index contributed by atoms with van der Waals surface area (Å²) in [6.45, 7) is 5.21. The molecule has 0 saturated carbocycles. The summed E-state index contributed by atoms with van der Waals surface area (Å²) >= 11 is 0. The lowest BCUT2D eigenvalue weighted by molar-refractivity contribution is 0.100. The summed E-state index contributed by atoms with van der Waals surface area (Å²) in [5.74, 6) is -1.04. The molecule has 88 valence electrons. The quantitative estimate of drug-likeness (QED) is 0.571. The van der Waals surface area contributed by atoms with Gasteiger partial charge in [-0.25, -0.2) is 4.98 Å². The molecule has 4 nitrogen and oxygen atoms in total. The van der Waals surface area contributed by atoms with Gasteiger partial charge in [0.2, 0.25) is 5.82 Å². The summed E-state index contributed by atoms with van der Waals surface area (Å²) in [7, 11) is 0. The minimum Gasteiger partial charge on any atom is -0.475 e. The van der Waals surface area contributed by atoms with Gasteiger partial charge in [0.15, 0.2) is 11.6 Å². The van der Waals surface area contributed by atoms with Crippen molar-refractivity contribution in [3.63, 3.8) is 0 Å². The van der Waals surface area contributed by atoms with E-state index in [1.54, 1.807) is 0 Å². The molecule has 1 rings (SSSR count). The number of hydrogen-bond acceptors (Lipinski definition) is 4. The van der Waals surface area contributed by atoms with Crippen molar-refractivity contribution in [3.05, 3.63) is 17.3 Å². The number of Topliss-reactive ketones (excluding diaryl/α,β-unsaturated/α-hetero) is 1. The molecular formula is C11H15FN2O2. The van der Waals surface area contributed by atoms with Gasteiger partial charge >= 0.3 is 0 Å². The van der Waals surface area contributed by atoms with E-state index in [9.17, 15) is 9.18 Å². The van der Waals surface area contributed by atoms with E-state index < -0.39 is 5.82 Å². The molecule has 0 N–H and O–H groups in total. The summed E-state index contributed by atoms with van der Waals surface area (Å²) in [5, 5.41) is 0. The number of unbranched alkanes of at least 4 members (excludes halogenated alkanes) is 1. The summed E-state index contributed by atoms with van der Waals surface area (Å²) in [6.07, 6.45) is 1.77. The Morgan fingerprint density at radius 2 is 2.12 bits per heavy atom. The first-order valence-corrected chi connectivity index (χ1v) is 5.24. The average molecular weight is 226 g/mol. The summed E-state index contributed by atoms with van der Waals surface area (Å²) in [5.41, 5.74) is 0.131. The van der Waals surface area contributed by atoms with Gasteiger partial charge in [-0.05, 0) is 13.3 Å². The Morgan fingerprint density at radius 1 is 1.44 bits per heavy atom. The van der Waals surface area contributed by atoms with Gasteiger partial charge in [-0.2, -0.15) is 9.37 Å². The summed E-state index contributed by atoms with van der Waals surface area (Å²) < 4.78 is 18.7. The van der Waals surface area contributed by atoms with Gasteiger partial charge in [-0.3, -0.25) is 4.79 Å². The minimum atomic E-state index is -0.596. The van der Waals surface area contributed by atoms with Crippen molar-refractivity contribution in [1.29, 1.82) is 0 Å². The van der Waals surface area contributed by atoms with Crippen LogP contribution in [0.3, 0.4) is 0 Å². The van der Waals surface area contributed by atoms with E-state index in [2.05, 4.69) is 9.97 Å². The van der Waals surface area contributed by atoms with Crippen LogP contribution in [0.5, 0.6) is 5.88 Å². The summed E-state index contributed by atoms with van der Waals surface area (Å²) in [6, 6.07) is 0. The predicted octanol–water partition coefficient (Wildman–Crippen LogP) is 2.31. The van der Waals surface area contributed by atoms with Crippen LogP contribution in [-0.2, 0) is 0 Å². The number of aryl methyl sites for hydroxylation is 1. The number of halogens is 1. The second-order valence-corrected chi connectivity index (χ2v) is 3.51. The van der Waals surface area contributed by atoms with E-state index in [4.69, 9.17) is 4.74 Å². The first-order chi connectivity index (χ1) is 7.56. The Balaban J connectivity index is 2.93. The van der Waals surface area contributed by atoms with Gasteiger partial charge in [0, 0.05) is 6.92 Å². The zero-order valence-electron chi connectivity index (χ0n) is 9.71. The molecule has 1 aromatic rings. The fraction of sp³-hybridized carbons (Fsp3) is 0.545. The van der Waals surface area contributed by atoms with E-state index in [-0.39, 0.29) is 23.2 Å². The van der Waals surface area contributed by atoms with Crippen molar-refractivity contribution in [2.24, 2.45) is 0 Å². The van der Waals surface area contributed by atoms with Gasteiger partial charge in [0.25, 0.3) is 5.88 Å². The Hall–Kier alpha value is -1.52. The third kappa shape index (κ3) is 2.98. The lowest BCUT2D eigenvalue weighted by atomic mass is 10.3. The number of carbonyl (C=O) groups excluding carboxylic acids is 1. The highest BCUT2D eigenvalue weighted by Gasteiger charge is 2.14. The van der Waals surface area contributed by atoms with Crippen LogP contribution in [0.4, 0.5) is 4.39 Å². The molecule has 0 aromatic carbocycles. The largest absolute Gasteiger partial charge is 0.475 e. The minimum absolute atomic E-state index is 0.00889. The number of ether oxygens (including phenoxy) is 1. The van der Waals surface area contributed by atoms with Crippen LogP contribution in [0.2, 0.25) is 0 Å². The molecule has 0 atom stereocenters. The molecule has 0 aliphatic heterocycles. The van der Waals surface area contributed by atoms with Gasteiger partial charge in [-0.15, -0.1) is 0 Å². The van der Waals surface area contributed by atoms with Crippen molar-refractivity contribution in [2.75, 3.05) is 6.61 Å². The maximum Gasteiger partial charge on any atom is 0.254 e. The van der Waals surface area contributed by atoms with Gasteiger partial charge in [0.05, 0.1) is 12.3 Å². The number of nitrogens with zero attached hydrogens (tertiary/aromatic N) is 2. The van der Waals surface area contributed by atoms with Crippen molar-refractivity contribution in [3.8, 4) is 5.88 Å². The second-order valence-electron chi connectivity index (χ2n) is 3.51. The zero-order chi connectivity index (χ0) is 12.1. The Labute approximate surface area is 93.9 Å². The normalized spacial score (nSPS) is 10.2. The van der Waals surface area contributed by atoms with E-state index >= 15 is 0 Å². The number of ketones is 1. The molecule has 16 heavy (non-hydrogen) atoms. The predicted molar refractivity (Wildman–Crippen MR) is 57.1 cm³/mol. The number of aromatic nitrogens is 2. The maximum atomic E-state index is 13.5. The fourth-order valence-electron chi connectivity index (χ4n) is 1.10. The monoisotopic (exact) mass is 226 g/mol. The molecule has 5 heteroatoms. The molecule has 0 fully saturated rings. The Morgan fingerprint density at radius 3 is 2.69 bits per heavy atom. The molecule has 1 aromatic heterocycles. The lowest BCUT2D eigenvalue weighted by Gasteiger charge is -2.07. The molecule has 0 radical (unpaired) electrons. The zero-order valence-corrected chi connectivity index (χ0v) is 9.71. The smallest absolute Gasteiger partial charge is 0.254 e. The highest BCUT2D eigenvalue weighted by Crippen LogP contribution is 2.16. The van der Waals surface area contributed by atoms with E-state index in [1.165, 1.54) is 13.8 Å². The van der Waals surface area contributed by atoms with Crippen molar-refractivity contribution in [1.82, 2.24) is 9.97 Å². The lowest BCUT2D eigenvalue weighted by Crippen LogP contribution is -2.09. The highest BCUT2D eigenvalue weighted by molar-refractivity contribution is 5.90. The molecular weight excluding hydrogens is 211 g/mol. The molecule has 0 saturated heterocycles. The van der Waals surface area contributed by atoms with Crippen molar-refractivity contribution < 1.29 is 13.9 Å². The van der Waals surface area contributed by atoms with Crippen LogP contribution in [0.1, 0.15) is 43.0 Å². The Bertz CT molecular complexity index is 394. The molecule has 0 aliphatic rings.